The molecule has 1 aromatic carbocycles. The molecule has 0 radical (unpaired) electrons. The number of aryl methyl sites for hydroxylation is 1. The molecule has 9 nitrogen and oxygen atoms in total. The van der Waals surface area contributed by atoms with E-state index in [1.807, 2.05) is 13.8 Å². The first-order valence-corrected chi connectivity index (χ1v) is 11.3. The van der Waals surface area contributed by atoms with Gasteiger partial charge in [-0.2, -0.15) is 0 Å². The van der Waals surface area contributed by atoms with Crippen LogP contribution in [-0.2, 0) is 6.54 Å². The van der Waals surface area contributed by atoms with Gasteiger partial charge >= 0.3 is 5.69 Å². The molecule has 0 unspecified atom stereocenters. The van der Waals surface area contributed by atoms with Crippen LogP contribution in [0.4, 0.5) is 5.69 Å². The van der Waals surface area contributed by atoms with Crippen molar-refractivity contribution >= 4 is 28.5 Å². The van der Waals surface area contributed by atoms with Crippen LogP contribution in [0.15, 0.2) is 39.9 Å². The lowest BCUT2D eigenvalue weighted by Gasteiger charge is -2.19. The van der Waals surface area contributed by atoms with Gasteiger partial charge < -0.3 is 10.2 Å². The fourth-order valence-electron chi connectivity index (χ4n) is 3.98. The van der Waals surface area contributed by atoms with Crippen LogP contribution in [0.3, 0.4) is 0 Å². The van der Waals surface area contributed by atoms with Crippen molar-refractivity contribution in [1.29, 1.82) is 0 Å². The van der Waals surface area contributed by atoms with Gasteiger partial charge in [-0.25, -0.2) is 9.78 Å². The molecule has 4 rings (SSSR count). The first-order chi connectivity index (χ1) is 15.9. The zero-order valence-electron chi connectivity index (χ0n) is 19.0. The van der Waals surface area contributed by atoms with E-state index in [1.54, 1.807) is 42.2 Å². The molecular weight excluding hydrogens is 422 g/mol. The zero-order valence-corrected chi connectivity index (χ0v) is 19.0. The van der Waals surface area contributed by atoms with Crippen LogP contribution in [0.2, 0.25) is 0 Å². The standard InChI is InChI=1S/C24H27N5O4/c1-4-28(5-2)23(32)15-8-7-9-16(12-15)25-21(30)17-13-18(14-10-11-14)26-20-19(17)22(31)27-24(33)29(20)6-3/h7-9,12-14H,4-6,10-11H2,1-3H3,(H,25,30)(H,27,31,33). The number of aromatic nitrogens is 3. The van der Waals surface area contributed by atoms with Gasteiger partial charge in [0.1, 0.15) is 0 Å². The average Bonchev–Trinajstić information content (AvgIpc) is 3.65. The minimum Gasteiger partial charge on any atom is -0.339 e. The van der Waals surface area contributed by atoms with Crippen LogP contribution < -0.4 is 16.6 Å². The van der Waals surface area contributed by atoms with E-state index in [0.29, 0.717) is 36.6 Å². The number of carbonyl (C=O) groups excluding carboxylic acids is 2. The number of aromatic amines is 1. The van der Waals surface area contributed by atoms with Gasteiger partial charge in [0, 0.05) is 42.5 Å². The van der Waals surface area contributed by atoms with E-state index in [0.717, 1.165) is 12.8 Å². The topological polar surface area (TPSA) is 117 Å². The molecular formula is C24H27N5O4. The fraction of sp³-hybridized carbons (Fsp3) is 0.375. The summed E-state index contributed by atoms with van der Waals surface area (Å²) >= 11 is 0. The lowest BCUT2D eigenvalue weighted by molar-refractivity contribution is 0.0772. The summed E-state index contributed by atoms with van der Waals surface area (Å²) in [6.07, 6.45) is 1.91. The Bertz CT molecular complexity index is 1350. The van der Waals surface area contributed by atoms with Crippen molar-refractivity contribution in [2.24, 2.45) is 0 Å². The molecule has 1 saturated carbocycles. The second-order valence-corrected chi connectivity index (χ2v) is 8.08. The Morgan fingerprint density at radius 3 is 2.52 bits per heavy atom. The largest absolute Gasteiger partial charge is 0.339 e. The molecule has 2 aromatic heterocycles. The van der Waals surface area contributed by atoms with Crippen LogP contribution in [0.1, 0.15) is 65.9 Å². The molecule has 2 N–H and O–H groups in total. The highest BCUT2D eigenvalue weighted by molar-refractivity contribution is 6.12. The van der Waals surface area contributed by atoms with Gasteiger partial charge in [-0.15, -0.1) is 0 Å². The van der Waals surface area contributed by atoms with E-state index in [1.165, 1.54) is 4.57 Å². The van der Waals surface area contributed by atoms with E-state index in [-0.39, 0.29) is 28.4 Å². The molecule has 3 aromatic rings. The number of fused-ring (bicyclic) bond motifs is 1. The normalized spacial score (nSPS) is 13.2. The summed E-state index contributed by atoms with van der Waals surface area (Å²) in [5.41, 5.74) is 0.778. The van der Waals surface area contributed by atoms with Crippen molar-refractivity contribution in [3.8, 4) is 0 Å². The minimum atomic E-state index is -0.648. The quantitative estimate of drug-likeness (QED) is 0.575. The molecule has 2 heterocycles. The maximum absolute atomic E-state index is 13.3. The third-order valence-electron chi connectivity index (χ3n) is 5.94. The minimum absolute atomic E-state index is 0.0775. The summed E-state index contributed by atoms with van der Waals surface area (Å²) in [5.74, 6) is -0.399. The number of H-pyrrole nitrogens is 1. The van der Waals surface area contributed by atoms with Crippen LogP contribution in [0.25, 0.3) is 11.0 Å². The maximum atomic E-state index is 13.3. The number of amides is 2. The number of carbonyl (C=O) groups is 2. The molecule has 9 heteroatoms. The Balaban J connectivity index is 1.76. The van der Waals surface area contributed by atoms with Gasteiger partial charge in [-0.3, -0.25) is 23.9 Å². The predicted molar refractivity (Wildman–Crippen MR) is 126 cm³/mol. The summed E-state index contributed by atoms with van der Waals surface area (Å²) in [6, 6.07) is 8.35. The van der Waals surface area contributed by atoms with Gasteiger partial charge in [-0.1, -0.05) is 6.07 Å². The van der Waals surface area contributed by atoms with Crippen LogP contribution in [0, 0.1) is 0 Å². The Kier molecular flexibility index (Phi) is 6.13. The number of nitrogens with zero attached hydrogens (tertiary/aromatic N) is 3. The van der Waals surface area contributed by atoms with Gasteiger partial charge in [-0.05, 0) is 57.9 Å². The van der Waals surface area contributed by atoms with Crippen molar-refractivity contribution in [2.45, 2.75) is 46.1 Å². The van der Waals surface area contributed by atoms with E-state index in [4.69, 9.17) is 0 Å². The molecule has 2 amide bonds. The molecule has 172 valence electrons. The summed E-state index contributed by atoms with van der Waals surface area (Å²) in [5, 5.41) is 2.89. The number of anilines is 1. The molecule has 33 heavy (non-hydrogen) atoms. The van der Waals surface area contributed by atoms with Gasteiger partial charge in [0.2, 0.25) is 0 Å². The first-order valence-electron chi connectivity index (χ1n) is 11.3. The molecule has 1 fully saturated rings. The highest BCUT2D eigenvalue weighted by Crippen LogP contribution is 2.40. The average molecular weight is 450 g/mol. The molecule has 1 aliphatic rings. The zero-order chi connectivity index (χ0) is 23.7. The number of rotatable bonds is 7. The van der Waals surface area contributed by atoms with Crippen LogP contribution in [0.5, 0.6) is 0 Å². The molecule has 1 aliphatic carbocycles. The summed E-state index contributed by atoms with van der Waals surface area (Å²) in [6.45, 7) is 7.08. The lowest BCUT2D eigenvalue weighted by Crippen LogP contribution is -2.32. The van der Waals surface area contributed by atoms with Crippen molar-refractivity contribution in [3.63, 3.8) is 0 Å². The Labute approximate surface area is 190 Å². The lowest BCUT2D eigenvalue weighted by atomic mass is 10.1. The fourth-order valence-corrected chi connectivity index (χ4v) is 3.98. The second kappa shape index (κ2) is 9.01. The SMILES string of the molecule is CCN(CC)C(=O)c1cccc(NC(=O)c2cc(C3CC3)nc3c2c(=O)[nH]c(=O)n3CC)c1. The Morgan fingerprint density at radius 1 is 1.15 bits per heavy atom. The predicted octanol–water partition coefficient (Wildman–Crippen LogP) is 2.72. The molecule has 0 bridgehead atoms. The highest BCUT2D eigenvalue weighted by Gasteiger charge is 2.28. The number of hydrogen-bond acceptors (Lipinski definition) is 5. The molecule has 0 aliphatic heterocycles. The Hall–Kier alpha value is -3.75. The summed E-state index contributed by atoms with van der Waals surface area (Å²) in [4.78, 5) is 59.5. The van der Waals surface area contributed by atoms with Crippen LogP contribution >= 0.6 is 0 Å². The molecule has 0 saturated heterocycles. The van der Waals surface area contributed by atoms with E-state index < -0.39 is 17.2 Å². The molecule has 0 spiro atoms. The van der Waals surface area contributed by atoms with Gasteiger partial charge in [0.15, 0.2) is 5.65 Å². The third-order valence-corrected chi connectivity index (χ3v) is 5.94. The number of benzene rings is 1. The van der Waals surface area contributed by atoms with Crippen molar-refractivity contribution in [2.75, 3.05) is 18.4 Å². The van der Waals surface area contributed by atoms with E-state index in [2.05, 4.69) is 15.3 Å². The smallest absolute Gasteiger partial charge is 0.329 e. The van der Waals surface area contributed by atoms with E-state index >= 15 is 0 Å². The monoisotopic (exact) mass is 449 g/mol. The second-order valence-electron chi connectivity index (χ2n) is 8.08. The van der Waals surface area contributed by atoms with Crippen LogP contribution in [-0.4, -0.2) is 44.3 Å². The van der Waals surface area contributed by atoms with Crippen molar-refractivity contribution in [1.82, 2.24) is 19.4 Å². The summed E-state index contributed by atoms with van der Waals surface area (Å²) in [7, 11) is 0. The maximum Gasteiger partial charge on any atom is 0.329 e. The van der Waals surface area contributed by atoms with Crippen molar-refractivity contribution < 1.29 is 9.59 Å². The van der Waals surface area contributed by atoms with Crippen molar-refractivity contribution in [3.05, 3.63) is 68.0 Å². The Morgan fingerprint density at radius 2 is 1.88 bits per heavy atom. The molecule has 0 atom stereocenters. The van der Waals surface area contributed by atoms with E-state index in [9.17, 15) is 19.2 Å². The summed E-state index contributed by atoms with van der Waals surface area (Å²) < 4.78 is 1.36. The number of pyridine rings is 1. The number of nitrogens with one attached hydrogen (secondary N) is 2. The third kappa shape index (κ3) is 4.30. The highest BCUT2D eigenvalue weighted by atomic mass is 16.2. The van der Waals surface area contributed by atoms with Gasteiger partial charge in [0.25, 0.3) is 17.4 Å². The number of hydrogen-bond donors (Lipinski definition) is 2. The van der Waals surface area contributed by atoms with Gasteiger partial charge in [0.05, 0.1) is 10.9 Å². The first kappa shape index (κ1) is 22.4.